The maximum Gasteiger partial charge on any atom is 0.272 e. The van der Waals surface area contributed by atoms with Crippen LogP contribution in [0.3, 0.4) is 0 Å². The average Bonchev–Trinajstić information content (AvgIpc) is 2.79. The summed E-state index contributed by atoms with van der Waals surface area (Å²) in [6.45, 7) is 10.8. The number of carbonyl (C=O) groups is 1. The molecule has 0 radical (unpaired) electrons. The quantitative estimate of drug-likeness (QED) is 0.668. The van der Waals surface area contributed by atoms with E-state index in [1.165, 1.54) is 0 Å². The van der Waals surface area contributed by atoms with Crippen LogP contribution in [0.25, 0.3) is 0 Å². The number of amides is 1. The topological polar surface area (TPSA) is 69.1 Å². The van der Waals surface area contributed by atoms with Crippen LogP contribution in [0.5, 0.6) is 5.75 Å². The lowest BCUT2D eigenvalue weighted by molar-refractivity contribution is -0.125. The second kappa shape index (κ2) is 10.7. The van der Waals surface area contributed by atoms with Crippen molar-refractivity contribution < 1.29 is 14.3 Å². The third-order valence-corrected chi connectivity index (χ3v) is 5.95. The van der Waals surface area contributed by atoms with E-state index < -0.39 is 0 Å². The molecule has 1 amide bonds. The van der Waals surface area contributed by atoms with Crippen molar-refractivity contribution in [3.63, 3.8) is 0 Å². The summed E-state index contributed by atoms with van der Waals surface area (Å²) >= 11 is 0. The molecule has 7 heteroatoms. The third kappa shape index (κ3) is 5.56. The molecule has 2 aliphatic heterocycles. The number of benzene rings is 1. The van der Waals surface area contributed by atoms with Crippen LogP contribution < -0.4 is 4.74 Å². The summed E-state index contributed by atoms with van der Waals surface area (Å²) in [7, 11) is 1.65. The van der Waals surface area contributed by atoms with Gasteiger partial charge in [-0.2, -0.15) is 0 Å². The van der Waals surface area contributed by atoms with E-state index in [1.54, 1.807) is 7.11 Å². The lowest BCUT2D eigenvalue weighted by Crippen LogP contribution is -2.50. The standard InChI is InChI=1S/C22H34N4O3/c1-3-24-10-12-26(13-11-24)22(27)21(23)19-6-4-8-20(28-2)18(19)7-5-9-25-14-16-29-17-15-25/h4,6,8,23H,3,5,7,9-17H2,1-2H3. The van der Waals surface area contributed by atoms with Gasteiger partial charge in [0, 0.05) is 50.4 Å². The Labute approximate surface area is 174 Å². The molecule has 0 atom stereocenters. The minimum Gasteiger partial charge on any atom is -0.496 e. The highest BCUT2D eigenvalue weighted by atomic mass is 16.5. The maximum atomic E-state index is 13.0. The van der Waals surface area contributed by atoms with Crippen LogP contribution in [0.4, 0.5) is 0 Å². The van der Waals surface area contributed by atoms with E-state index in [4.69, 9.17) is 14.9 Å². The molecule has 2 heterocycles. The van der Waals surface area contributed by atoms with Crippen molar-refractivity contribution in [2.24, 2.45) is 0 Å². The van der Waals surface area contributed by atoms with E-state index in [9.17, 15) is 4.79 Å². The van der Waals surface area contributed by atoms with Crippen LogP contribution in [-0.2, 0) is 16.0 Å². The first-order chi connectivity index (χ1) is 14.1. The van der Waals surface area contributed by atoms with E-state index in [2.05, 4.69) is 16.7 Å². The minimum atomic E-state index is -0.177. The Balaban J connectivity index is 1.67. The molecule has 0 unspecified atom stereocenters. The number of ether oxygens (including phenoxy) is 2. The fraction of sp³-hybridized carbons (Fsp3) is 0.636. The van der Waals surface area contributed by atoms with Gasteiger partial charge in [-0.25, -0.2) is 0 Å². The lowest BCUT2D eigenvalue weighted by Gasteiger charge is -2.34. The highest BCUT2D eigenvalue weighted by Gasteiger charge is 2.26. The molecule has 29 heavy (non-hydrogen) atoms. The predicted molar refractivity (Wildman–Crippen MR) is 114 cm³/mol. The Morgan fingerprint density at radius 1 is 1.10 bits per heavy atom. The summed E-state index contributed by atoms with van der Waals surface area (Å²) in [6.07, 6.45) is 1.75. The van der Waals surface area contributed by atoms with E-state index in [-0.39, 0.29) is 11.6 Å². The number of methoxy groups -OCH3 is 1. The molecule has 0 spiro atoms. The van der Waals surface area contributed by atoms with E-state index in [0.29, 0.717) is 18.7 Å². The van der Waals surface area contributed by atoms with Crippen molar-refractivity contribution in [1.29, 1.82) is 5.41 Å². The van der Waals surface area contributed by atoms with Gasteiger partial charge in [-0.3, -0.25) is 15.1 Å². The molecule has 0 aliphatic carbocycles. The van der Waals surface area contributed by atoms with Crippen molar-refractivity contribution >= 4 is 11.6 Å². The molecule has 0 saturated carbocycles. The van der Waals surface area contributed by atoms with Crippen LogP contribution in [0.15, 0.2) is 18.2 Å². The first-order valence-electron chi connectivity index (χ1n) is 10.7. The molecule has 0 bridgehead atoms. The normalized spacial score (nSPS) is 18.6. The fourth-order valence-electron chi connectivity index (χ4n) is 4.09. The minimum absolute atomic E-state index is 0.0789. The monoisotopic (exact) mass is 402 g/mol. The number of nitrogens with zero attached hydrogens (tertiary/aromatic N) is 3. The molecule has 2 saturated heterocycles. The van der Waals surface area contributed by atoms with Gasteiger partial charge in [0.25, 0.3) is 5.91 Å². The summed E-state index contributed by atoms with van der Waals surface area (Å²) in [6, 6.07) is 5.68. The summed E-state index contributed by atoms with van der Waals surface area (Å²) < 4.78 is 11.0. The van der Waals surface area contributed by atoms with Gasteiger partial charge in [0.2, 0.25) is 0 Å². The maximum absolute atomic E-state index is 13.0. The van der Waals surface area contributed by atoms with Gasteiger partial charge in [-0.15, -0.1) is 0 Å². The lowest BCUT2D eigenvalue weighted by atomic mass is 9.97. The Morgan fingerprint density at radius 2 is 1.83 bits per heavy atom. The first kappa shape index (κ1) is 21.7. The highest BCUT2D eigenvalue weighted by Crippen LogP contribution is 2.25. The third-order valence-electron chi connectivity index (χ3n) is 5.95. The number of hydrogen-bond acceptors (Lipinski definition) is 6. The summed E-state index contributed by atoms with van der Waals surface area (Å²) in [5, 5.41) is 8.62. The Morgan fingerprint density at radius 3 is 2.48 bits per heavy atom. The van der Waals surface area contributed by atoms with Gasteiger partial charge in [0.1, 0.15) is 11.5 Å². The Kier molecular flexibility index (Phi) is 8.03. The molecule has 2 aliphatic rings. The number of rotatable bonds is 8. The molecule has 160 valence electrons. The number of carbonyl (C=O) groups excluding carboxylic acids is 1. The number of nitrogens with one attached hydrogen (secondary N) is 1. The van der Waals surface area contributed by atoms with Crippen LogP contribution in [0, 0.1) is 5.41 Å². The molecular formula is C22H34N4O3. The van der Waals surface area contributed by atoms with Crippen molar-refractivity contribution in [2.45, 2.75) is 19.8 Å². The molecule has 1 aromatic rings. The van der Waals surface area contributed by atoms with Gasteiger partial charge in [0.15, 0.2) is 0 Å². The van der Waals surface area contributed by atoms with Gasteiger partial charge in [-0.05, 0) is 32.0 Å². The summed E-state index contributed by atoms with van der Waals surface area (Å²) in [4.78, 5) is 19.5. The molecular weight excluding hydrogens is 368 g/mol. The van der Waals surface area contributed by atoms with E-state index >= 15 is 0 Å². The summed E-state index contributed by atoms with van der Waals surface area (Å²) in [5.41, 5.74) is 1.75. The van der Waals surface area contributed by atoms with Crippen molar-refractivity contribution in [2.75, 3.05) is 72.7 Å². The molecule has 1 aromatic carbocycles. The van der Waals surface area contributed by atoms with Crippen LogP contribution in [0.1, 0.15) is 24.5 Å². The Hall–Kier alpha value is -1.96. The van der Waals surface area contributed by atoms with Gasteiger partial charge in [0.05, 0.1) is 20.3 Å². The summed E-state index contributed by atoms with van der Waals surface area (Å²) in [5.74, 6) is 0.585. The highest BCUT2D eigenvalue weighted by molar-refractivity contribution is 6.44. The van der Waals surface area contributed by atoms with Gasteiger partial charge < -0.3 is 19.3 Å². The largest absolute Gasteiger partial charge is 0.496 e. The SMILES string of the molecule is CCN1CCN(C(=O)C(=N)c2cccc(OC)c2CCCN2CCOCC2)CC1. The predicted octanol–water partition coefficient (Wildman–Crippen LogP) is 1.49. The zero-order valence-electron chi connectivity index (χ0n) is 17.8. The number of hydrogen-bond donors (Lipinski definition) is 1. The molecule has 0 aromatic heterocycles. The second-order valence-corrected chi connectivity index (χ2v) is 7.65. The molecule has 7 nitrogen and oxygen atoms in total. The molecule has 3 rings (SSSR count). The molecule has 2 fully saturated rings. The van der Waals surface area contributed by atoms with Crippen molar-refractivity contribution in [3.8, 4) is 5.75 Å². The zero-order valence-corrected chi connectivity index (χ0v) is 17.8. The Bertz CT molecular complexity index is 695. The second-order valence-electron chi connectivity index (χ2n) is 7.65. The van der Waals surface area contributed by atoms with Gasteiger partial charge >= 0.3 is 0 Å². The number of piperazine rings is 1. The van der Waals surface area contributed by atoms with Crippen LogP contribution in [-0.4, -0.2) is 99.0 Å². The first-order valence-corrected chi connectivity index (χ1v) is 10.7. The van der Waals surface area contributed by atoms with E-state index in [1.807, 2.05) is 23.1 Å². The van der Waals surface area contributed by atoms with E-state index in [0.717, 1.165) is 76.6 Å². The zero-order chi connectivity index (χ0) is 20.6. The van der Waals surface area contributed by atoms with Crippen LogP contribution >= 0.6 is 0 Å². The van der Waals surface area contributed by atoms with Crippen LogP contribution in [0.2, 0.25) is 0 Å². The molecule has 1 N–H and O–H groups in total. The number of likely N-dealkylation sites (N-methyl/N-ethyl adjacent to an activating group) is 1. The van der Waals surface area contributed by atoms with Crippen molar-refractivity contribution in [1.82, 2.24) is 14.7 Å². The number of morpholine rings is 1. The fourth-order valence-corrected chi connectivity index (χ4v) is 4.09. The van der Waals surface area contributed by atoms with Gasteiger partial charge in [-0.1, -0.05) is 19.1 Å². The average molecular weight is 403 g/mol. The smallest absolute Gasteiger partial charge is 0.272 e. The van der Waals surface area contributed by atoms with Crippen molar-refractivity contribution in [3.05, 3.63) is 29.3 Å².